The van der Waals surface area contributed by atoms with Crippen molar-refractivity contribution >= 4 is 17.3 Å². The first-order chi connectivity index (χ1) is 16.9. The molecule has 2 saturated heterocycles. The van der Waals surface area contributed by atoms with E-state index < -0.39 is 0 Å². The van der Waals surface area contributed by atoms with E-state index in [1.807, 2.05) is 12.1 Å². The minimum atomic E-state index is -0.371. The van der Waals surface area contributed by atoms with Gasteiger partial charge in [-0.15, -0.1) is 0 Å². The van der Waals surface area contributed by atoms with E-state index in [0.717, 1.165) is 63.1 Å². The van der Waals surface area contributed by atoms with Crippen LogP contribution < -0.4 is 14.4 Å². The molecule has 2 heterocycles. The predicted molar refractivity (Wildman–Crippen MR) is 135 cm³/mol. The number of piperidine rings is 1. The molecule has 2 aliphatic rings. The van der Waals surface area contributed by atoms with Crippen LogP contribution in [0.3, 0.4) is 0 Å². The molecule has 0 bridgehead atoms. The van der Waals surface area contributed by atoms with Crippen molar-refractivity contribution in [2.75, 3.05) is 58.4 Å². The normalized spacial score (nSPS) is 16.8. The number of carbonyl (C=O) groups is 1. The number of piperazine rings is 1. The molecule has 1 amide bonds. The van der Waals surface area contributed by atoms with Crippen molar-refractivity contribution in [3.63, 3.8) is 0 Å². The highest BCUT2D eigenvalue weighted by Crippen LogP contribution is 2.33. The first kappa shape index (κ1) is 24.8. The van der Waals surface area contributed by atoms with Gasteiger partial charge in [-0.1, -0.05) is 0 Å². The van der Waals surface area contributed by atoms with Crippen LogP contribution in [0, 0.1) is 17.0 Å². The Bertz CT molecular complexity index is 1080. The fourth-order valence-corrected chi connectivity index (χ4v) is 4.93. The Hall–Kier alpha value is -3.33. The summed E-state index contributed by atoms with van der Waals surface area (Å²) in [4.78, 5) is 30.7. The topological polar surface area (TPSA) is 88.4 Å². The number of aryl methyl sites for hydroxylation is 1. The van der Waals surface area contributed by atoms with Crippen LogP contribution in [0.25, 0.3) is 0 Å². The summed E-state index contributed by atoms with van der Waals surface area (Å²) in [6.45, 7) is 7.05. The minimum absolute atomic E-state index is 0.0142. The van der Waals surface area contributed by atoms with Crippen molar-refractivity contribution < 1.29 is 19.2 Å². The van der Waals surface area contributed by atoms with E-state index in [1.54, 1.807) is 31.3 Å². The zero-order chi connectivity index (χ0) is 24.9. The van der Waals surface area contributed by atoms with Crippen LogP contribution >= 0.6 is 0 Å². The second kappa shape index (κ2) is 10.9. The highest BCUT2D eigenvalue weighted by atomic mass is 16.6. The second-order valence-electron chi connectivity index (χ2n) is 9.21. The Morgan fingerprint density at radius 3 is 2.23 bits per heavy atom. The Morgan fingerprint density at radius 1 is 0.943 bits per heavy atom. The lowest BCUT2D eigenvalue weighted by Crippen LogP contribution is -2.48. The largest absolute Gasteiger partial charge is 0.493 e. The van der Waals surface area contributed by atoms with E-state index >= 15 is 0 Å². The molecular weight excluding hydrogens is 448 g/mol. The summed E-state index contributed by atoms with van der Waals surface area (Å²) in [6, 6.07) is 8.92. The highest BCUT2D eigenvalue weighted by molar-refractivity contribution is 5.96. The summed E-state index contributed by atoms with van der Waals surface area (Å²) in [5.41, 5.74) is 3.29. The molecule has 4 rings (SSSR count). The third-order valence-corrected chi connectivity index (χ3v) is 7.01. The van der Waals surface area contributed by atoms with Gasteiger partial charge in [-0.25, -0.2) is 0 Å². The van der Waals surface area contributed by atoms with Crippen LogP contribution in [-0.2, 0) is 6.54 Å². The molecule has 188 valence electrons. The van der Waals surface area contributed by atoms with E-state index in [2.05, 4.69) is 16.7 Å². The zero-order valence-corrected chi connectivity index (χ0v) is 20.8. The van der Waals surface area contributed by atoms with Crippen molar-refractivity contribution in [1.82, 2.24) is 9.80 Å². The molecule has 0 aliphatic carbocycles. The Labute approximate surface area is 206 Å². The van der Waals surface area contributed by atoms with Crippen molar-refractivity contribution in [3.05, 3.63) is 57.1 Å². The fraction of sp³-hybridized carbons (Fsp3) is 0.500. The molecule has 2 aliphatic heterocycles. The average Bonchev–Trinajstić information content (AvgIpc) is 2.89. The van der Waals surface area contributed by atoms with E-state index in [4.69, 9.17) is 9.47 Å². The Kier molecular flexibility index (Phi) is 7.75. The van der Waals surface area contributed by atoms with Crippen LogP contribution in [-0.4, -0.2) is 74.1 Å². The molecule has 9 heteroatoms. The number of hydrogen-bond donors (Lipinski definition) is 0. The summed E-state index contributed by atoms with van der Waals surface area (Å²) in [5, 5.41) is 11.8. The number of hydrogen-bond acceptors (Lipinski definition) is 7. The number of benzene rings is 2. The monoisotopic (exact) mass is 482 g/mol. The van der Waals surface area contributed by atoms with Crippen molar-refractivity contribution in [2.45, 2.75) is 32.7 Å². The van der Waals surface area contributed by atoms with Crippen LogP contribution in [0.4, 0.5) is 11.4 Å². The fourth-order valence-electron chi connectivity index (χ4n) is 4.93. The maximum Gasteiger partial charge on any atom is 0.293 e. The number of rotatable bonds is 7. The van der Waals surface area contributed by atoms with Gasteiger partial charge in [-0.3, -0.25) is 19.8 Å². The molecule has 0 saturated carbocycles. The summed E-state index contributed by atoms with van der Waals surface area (Å²) in [5.74, 6) is 1.27. The molecule has 0 atom stereocenters. The number of anilines is 1. The summed E-state index contributed by atoms with van der Waals surface area (Å²) in [7, 11) is 3.26. The van der Waals surface area contributed by atoms with Crippen LogP contribution in [0.2, 0.25) is 0 Å². The van der Waals surface area contributed by atoms with Crippen molar-refractivity contribution in [2.24, 2.45) is 0 Å². The van der Waals surface area contributed by atoms with E-state index in [1.165, 1.54) is 6.07 Å². The van der Waals surface area contributed by atoms with Crippen LogP contribution in [0.1, 0.15) is 40.7 Å². The SMILES string of the molecule is COc1cc(C)c(CN2CCN(C(=O)c3ccc(N4CCCCC4)c([N+](=O)[O-])c3)CC2)cc1OC. The molecule has 2 fully saturated rings. The number of nitrogens with zero attached hydrogens (tertiary/aromatic N) is 4. The van der Waals surface area contributed by atoms with Gasteiger partial charge in [-0.05, 0) is 61.6 Å². The predicted octanol–water partition coefficient (Wildman–Crippen LogP) is 3.87. The van der Waals surface area contributed by atoms with Gasteiger partial charge < -0.3 is 19.3 Å². The van der Waals surface area contributed by atoms with Gasteiger partial charge in [0, 0.05) is 57.4 Å². The lowest BCUT2D eigenvalue weighted by Gasteiger charge is -2.35. The molecule has 35 heavy (non-hydrogen) atoms. The molecule has 2 aromatic carbocycles. The van der Waals surface area contributed by atoms with Gasteiger partial charge >= 0.3 is 0 Å². The number of methoxy groups -OCH3 is 2. The van der Waals surface area contributed by atoms with E-state index in [9.17, 15) is 14.9 Å². The minimum Gasteiger partial charge on any atom is -0.493 e. The number of nitro groups is 1. The van der Waals surface area contributed by atoms with Crippen LogP contribution in [0.15, 0.2) is 30.3 Å². The molecule has 9 nitrogen and oxygen atoms in total. The number of carbonyl (C=O) groups excluding carboxylic acids is 1. The zero-order valence-electron chi connectivity index (χ0n) is 20.8. The maximum absolute atomic E-state index is 13.2. The van der Waals surface area contributed by atoms with E-state index in [-0.39, 0.29) is 16.5 Å². The third kappa shape index (κ3) is 5.51. The van der Waals surface area contributed by atoms with Crippen LogP contribution in [0.5, 0.6) is 11.5 Å². The average molecular weight is 483 g/mol. The molecule has 0 radical (unpaired) electrons. The smallest absolute Gasteiger partial charge is 0.293 e. The molecule has 0 spiro atoms. The number of nitro benzene ring substituents is 1. The van der Waals surface area contributed by atoms with Gasteiger partial charge in [-0.2, -0.15) is 0 Å². The van der Waals surface area contributed by atoms with Crippen molar-refractivity contribution in [3.8, 4) is 11.5 Å². The van der Waals surface area contributed by atoms with Gasteiger partial charge in [0.25, 0.3) is 11.6 Å². The summed E-state index contributed by atoms with van der Waals surface area (Å²) >= 11 is 0. The lowest BCUT2D eigenvalue weighted by molar-refractivity contribution is -0.384. The van der Waals surface area contributed by atoms with Gasteiger partial charge in [0.2, 0.25) is 0 Å². The van der Waals surface area contributed by atoms with Gasteiger partial charge in [0.05, 0.1) is 19.1 Å². The highest BCUT2D eigenvalue weighted by Gasteiger charge is 2.27. The Balaban J connectivity index is 1.41. The first-order valence-corrected chi connectivity index (χ1v) is 12.2. The third-order valence-electron chi connectivity index (χ3n) is 7.01. The summed E-state index contributed by atoms with van der Waals surface area (Å²) in [6.07, 6.45) is 3.22. The molecule has 0 N–H and O–H groups in total. The molecule has 2 aromatic rings. The maximum atomic E-state index is 13.2. The molecule has 0 unspecified atom stereocenters. The summed E-state index contributed by atoms with van der Waals surface area (Å²) < 4.78 is 10.8. The Morgan fingerprint density at radius 2 is 1.60 bits per heavy atom. The van der Waals surface area contributed by atoms with Gasteiger partial charge in [0.15, 0.2) is 11.5 Å². The molecule has 0 aromatic heterocycles. The van der Waals surface area contributed by atoms with Gasteiger partial charge in [0.1, 0.15) is 5.69 Å². The molecular formula is C26H34N4O5. The number of ether oxygens (including phenoxy) is 2. The van der Waals surface area contributed by atoms with Crippen molar-refractivity contribution in [1.29, 1.82) is 0 Å². The lowest BCUT2D eigenvalue weighted by atomic mass is 10.1. The number of amides is 1. The second-order valence-corrected chi connectivity index (χ2v) is 9.21. The first-order valence-electron chi connectivity index (χ1n) is 12.2. The quantitative estimate of drug-likeness (QED) is 0.437. The standard InChI is InChI=1S/C26H34N4O5/c1-19-15-24(34-2)25(35-3)17-21(19)18-27-11-13-29(14-12-27)26(31)20-7-8-22(23(16-20)30(32)33)28-9-5-4-6-10-28/h7-8,15-17H,4-6,9-14,18H2,1-3H3. The van der Waals surface area contributed by atoms with E-state index in [0.29, 0.717) is 35.8 Å².